The Morgan fingerprint density at radius 3 is 1.72 bits per heavy atom. The summed E-state index contributed by atoms with van der Waals surface area (Å²) in [5, 5.41) is 0. The maximum Gasteiger partial charge on any atom is 0.125 e. The quantitative estimate of drug-likeness (QED) is 0.703. The number of hydrogen-bond acceptors (Lipinski definition) is 1. The van der Waals surface area contributed by atoms with E-state index in [-0.39, 0.29) is 6.10 Å². The van der Waals surface area contributed by atoms with Crippen molar-refractivity contribution in [3.8, 4) is 5.75 Å². The Bertz CT molecular complexity index is 328. The zero-order valence-corrected chi connectivity index (χ0v) is 13.4. The lowest BCUT2D eigenvalue weighted by atomic mass is 9.98. The molecule has 0 heterocycles. The molecule has 0 spiro atoms. The summed E-state index contributed by atoms with van der Waals surface area (Å²) in [6.45, 7) is 16.9. The average Bonchev–Trinajstić information content (AvgIpc) is 2.25. The Morgan fingerprint density at radius 1 is 0.944 bits per heavy atom. The molecule has 0 aliphatic carbocycles. The van der Waals surface area contributed by atoms with Gasteiger partial charge in [0.15, 0.2) is 0 Å². The number of ether oxygens (including phenoxy) is 1. The molecular formula is C17H30O. The molecule has 0 aromatic heterocycles. The molecule has 0 saturated carbocycles. The predicted molar refractivity (Wildman–Crippen MR) is 81.6 cm³/mol. The molecule has 0 N–H and O–H groups in total. The van der Waals surface area contributed by atoms with Gasteiger partial charge < -0.3 is 4.74 Å². The predicted octanol–water partition coefficient (Wildman–Crippen LogP) is 5.32. The molecule has 1 heteroatoms. The van der Waals surface area contributed by atoms with Gasteiger partial charge in [-0.15, -0.1) is 0 Å². The van der Waals surface area contributed by atoms with Crippen LogP contribution in [0.25, 0.3) is 0 Å². The van der Waals surface area contributed by atoms with E-state index < -0.39 is 0 Å². The zero-order chi connectivity index (χ0) is 14.3. The van der Waals surface area contributed by atoms with Crippen molar-refractivity contribution < 1.29 is 4.74 Å². The molecule has 0 unspecified atom stereocenters. The summed E-state index contributed by atoms with van der Waals surface area (Å²) in [4.78, 5) is 0. The first-order chi connectivity index (χ1) is 8.40. The molecule has 0 bridgehead atoms. The fourth-order valence-corrected chi connectivity index (χ4v) is 2.05. The molecular weight excluding hydrogens is 220 g/mol. The Morgan fingerprint density at radius 2 is 1.39 bits per heavy atom. The fourth-order valence-electron chi connectivity index (χ4n) is 2.05. The standard InChI is InChI=1S/C15H24O.C2H6/c1-10(2)7-14-8-12(5)15(13(6)9-14)16-11(3)4;1-2/h8-11H,7H2,1-6H3;1-2H3. The van der Waals surface area contributed by atoms with Gasteiger partial charge in [-0.25, -0.2) is 0 Å². The molecule has 104 valence electrons. The molecule has 1 aromatic rings. The number of hydrogen-bond donors (Lipinski definition) is 0. The van der Waals surface area contributed by atoms with E-state index in [1.54, 1.807) is 0 Å². The smallest absolute Gasteiger partial charge is 0.125 e. The first-order valence-electron chi connectivity index (χ1n) is 7.17. The molecule has 0 atom stereocenters. The highest BCUT2D eigenvalue weighted by molar-refractivity contribution is 5.43. The zero-order valence-electron chi connectivity index (χ0n) is 13.4. The van der Waals surface area contributed by atoms with Crippen molar-refractivity contribution in [2.75, 3.05) is 0 Å². The Labute approximate surface area is 114 Å². The lowest BCUT2D eigenvalue weighted by Crippen LogP contribution is -2.08. The highest BCUT2D eigenvalue weighted by Gasteiger charge is 2.08. The highest BCUT2D eigenvalue weighted by Crippen LogP contribution is 2.26. The van der Waals surface area contributed by atoms with Gasteiger partial charge >= 0.3 is 0 Å². The molecule has 0 aliphatic rings. The van der Waals surface area contributed by atoms with E-state index in [1.165, 1.54) is 16.7 Å². The first-order valence-corrected chi connectivity index (χ1v) is 7.17. The van der Waals surface area contributed by atoms with Crippen LogP contribution in [-0.2, 0) is 6.42 Å². The highest BCUT2D eigenvalue weighted by atomic mass is 16.5. The monoisotopic (exact) mass is 250 g/mol. The topological polar surface area (TPSA) is 9.23 Å². The maximum absolute atomic E-state index is 5.84. The summed E-state index contributed by atoms with van der Waals surface area (Å²) in [7, 11) is 0. The second-order valence-electron chi connectivity index (χ2n) is 5.32. The Hall–Kier alpha value is -0.980. The van der Waals surface area contributed by atoms with Gasteiger partial charge in [-0.3, -0.25) is 0 Å². The van der Waals surface area contributed by atoms with Gasteiger partial charge in [-0.1, -0.05) is 39.8 Å². The van der Waals surface area contributed by atoms with E-state index in [1.807, 2.05) is 13.8 Å². The fraction of sp³-hybridized carbons (Fsp3) is 0.647. The minimum absolute atomic E-state index is 0.244. The summed E-state index contributed by atoms with van der Waals surface area (Å²) < 4.78 is 5.84. The molecule has 0 aliphatic heterocycles. The van der Waals surface area contributed by atoms with Crippen LogP contribution in [0.1, 0.15) is 58.2 Å². The van der Waals surface area contributed by atoms with Gasteiger partial charge in [-0.2, -0.15) is 0 Å². The molecule has 0 amide bonds. The van der Waals surface area contributed by atoms with Crippen LogP contribution >= 0.6 is 0 Å². The summed E-state index contributed by atoms with van der Waals surface area (Å²) in [6.07, 6.45) is 1.39. The third-order valence-electron chi connectivity index (χ3n) is 2.52. The van der Waals surface area contributed by atoms with Crippen LogP contribution in [0, 0.1) is 19.8 Å². The molecule has 0 fully saturated rings. The summed E-state index contributed by atoms with van der Waals surface area (Å²) in [6, 6.07) is 4.51. The molecule has 0 radical (unpaired) electrons. The van der Waals surface area contributed by atoms with E-state index in [0.29, 0.717) is 5.92 Å². The second kappa shape index (κ2) is 8.18. The van der Waals surface area contributed by atoms with Gasteiger partial charge in [0, 0.05) is 0 Å². The van der Waals surface area contributed by atoms with Gasteiger partial charge in [0.25, 0.3) is 0 Å². The van der Waals surface area contributed by atoms with Gasteiger partial charge in [0.05, 0.1) is 6.10 Å². The largest absolute Gasteiger partial charge is 0.490 e. The minimum Gasteiger partial charge on any atom is -0.490 e. The lowest BCUT2D eigenvalue weighted by molar-refractivity contribution is 0.239. The van der Waals surface area contributed by atoms with Crippen LogP contribution in [0.5, 0.6) is 5.75 Å². The van der Waals surface area contributed by atoms with Crippen molar-refractivity contribution in [2.45, 2.75) is 67.9 Å². The van der Waals surface area contributed by atoms with Crippen LogP contribution < -0.4 is 4.74 Å². The molecule has 18 heavy (non-hydrogen) atoms. The second-order valence-corrected chi connectivity index (χ2v) is 5.32. The van der Waals surface area contributed by atoms with Crippen molar-refractivity contribution >= 4 is 0 Å². The molecule has 1 nitrogen and oxygen atoms in total. The minimum atomic E-state index is 0.244. The normalized spacial score (nSPS) is 10.3. The lowest BCUT2D eigenvalue weighted by Gasteiger charge is -2.17. The molecule has 1 aromatic carbocycles. The Kier molecular flexibility index (Phi) is 7.73. The van der Waals surface area contributed by atoms with Crippen LogP contribution in [0.2, 0.25) is 0 Å². The van der Waals surface area contributed by atoms with Crippen LogP contribution in [0.4, 0.5) is 0 Å². The van der Waals surface area contributed by atoms with Crippen LogP contribution in [0.15, 0.2) is 12.1 Å². The van der Waals surface area contributed by atoms with Crippen LogP contribution in [0.3, 0.4) is 0 Å². The van der Waals surface area contributed by atoms with Gasteiger partial charge in [-0.05, 0) is 56.7 Å². The third kappa shape index (κ3) is 5.57. The summed E-state index contributed by atoms with van der Waals surface area (Å²) in [5.74, 6) is 1.76. The van der Waals surface area contributed by atoms with E-state index >= 15 is 0 Å². The van der Waals surface area contributed by atoms with Crippen molar-refractivity contribution in [1.29, 1.82) is 0 Å². The van der Waals surface area contributed by atoms with Crippen molar-refractivity contribution in [2.24, 2.45) is 5.92 Å². The molecule has 0 saturated heterocycles. The maximum atomic E-state index is 5.84. The Balaban J connectivity index is 0.00000137. The SMILES string of the molecule is CC.Cc1cc(CC(C)C)cc(C)c1OC(C)C. The number of rotatable bonds is 4. The first kappa shape index (κ1) is 17.0. The van der Waals surface area contributed by atoms with Gasteiger partial charge in [0.2, 0.25) is 0 Å². The van der Waals surface area contributed by atoms with E-state index in [9.17, 15) is 0 Å². The van der Waals surface area contributed by atoms with Crippen LogP contribution in [-0.4, -0.2) is 6.10 Å². The van der Waals surface area contributed by atoms with Crippen molar-refractivity contribution in [3.05, 3.63) is 28.8 Å². The number of aryl methyl sites for hydroxylation is 2. The third-order valence-corrected chi connectivity index (χ3v) is 2.52. The number of benzene rings is 1. The van der Waals surface area contributed by atoms with E-state index in [4.69, 9.17) is 4.74 Å². The van der Waals surface area contributed by atoms with E-state index in [2.05, 4.69) is 53.7 Å². The van der Waals surface area contributed by atoms with Crippen molar-refractivity contribution in [1.82, 2.24) is 0 Å². The summed E-state index contributed by atoms with van der Waals surface area (Å²) in [5.41, 5.74) is 3.93. The van der Waals surface area contributed by atoms with Crippen molar-refractivity contribution in [3.63, 3.8) is 0 Å². The van der Waals surface area contributed by atoms with E-state index in [0.717, 1.165) is 12.2 Å². The summed E-state index contributed by atoms with van der Waals surface area (Å²) >= 11 is 0. The average molecular weight is 250 g/mol. The molecule has 1 rings (SSSR count). The van der Waals surface area contributed by atoms with Gasteiger partial charge in [0.1, 0.15) is 5.75 Å².